The molecule has 0 spiro atoms. The molecule has 1 amide bonds. The second kappa shape index (κ2) is 6.09. The van der Waals surface area contributed by atoms with Crippen LogP contribution in [0.25, 0.3) is 0 Å². The monoisotopic (exact) mass is 272 g/mol. The van der Waals surface area contributed by atoms with Crippen LogP contribution in [0.4, 0.5) is 4.79 Å². The quantitative estimate of drug-likeness (QED) is 0.818. The van der Waals surface area contributed by atoms with E-state index in [9.17, 15) is 9.90 Å². The Bertz CT molecular complexity index is 305. The molecule has 0 radical (unpaired) electrons. The van der Waals surface area contributed by atoms with Crippen molar-refractivity contribution >= 4 is 6.09 Å². The van der Waals surface area contributed by atoms with Gasteiger partial charge in [-0.3, -0.25) is 0 Å². The maximum absolute atomic E-state index is 12.1. The highest BCUT2D eigenvalue weighted by atomic mass is 16.6. The lowest BCUT2D eigenvalue weighted by molar-refractivity contribution is 0.0220. The highest BCUT2D eigenvalue weighted by Crippen LogP contribution is 2.20. The second-order valence-corrected chi connectivity index (χ2v) is 6.91. The van der Waals surface area contributed by atoms with Crippen LogP contribution in [-0.2, 0) is 4.74 Å². The lowest BCUT2D eigenvalue weighted by Crippen LogP contribution is -2.46. The van der Waals surface area contributed by atoms with E-state index in [1.165, 1.54) is 0 Å². The Kier molecular flexibility index (Phi) is 5.21. The summed E-state index contributed by atoms with van der Waals surface area (Å²) in [7, 11) is 0. The van der Waals surface area contributed by atoms with Crippen LogP contribution in [0.1, 0.15) is 47.5 Å². The standard InChI is InChI=1S/C14H28N2O3/c1-13(2,3)19-12(17)16-8-6-7-11(16)9-15-10-14(4,5)18/h11,15,18H,6-10H2,1-5H3/t11-/m0/s1. The molecule has 0 bridgehead atoms. The van der Waals surface area contributed by atoms with Crippen molar-refractivity contribution in [3.63, 3.8) is 0 Å². The molecule has 1 atom stereocenters. The van der Waals surface area contributed by atoms with E-state index in [-0.39, 0.29) is 12.1 Å². The van der Waals surface area contributed by atoms with Gasteiger partial charge in [0.2, 0.25) is 0 Å². The van der Waals surface area contributed by atoms with E-state index >= 15 is 0 Å². The van der Waals surface area contributed by atoms with Gasteiger partial charge in [-0.1, -0.05) is 0 Å². The molecule has 0 saturated carbocycles. The minimum absolute atomic E-state index is 0.164. The summed E-state index contributed by atoms with van der Waals surface area (Å²) < 4.78 is 5.41. The number of rotatable bonds is 4. The Morgan fingerprint density at radius 1 is 1.37 bits per heavy atom. The van der Waals surface area contributed by atoms with Crippen molar-refractivity contribution in [2.24, 2.45) is 0 Å². The summed E-state index contributed by atoms with van der Waals surface area (Å²) in [6, 6.07) is 0.164. The molecule has 1 aliphatic rings. The van der Waals surface area contributed by atoms with Crippen LogP contribution in [-0.4, -0.2) is 53.0 Å². The number of ether oxygens (including phenoxy) is 1. The van der Waals surface area contributed by atoms with Crippen LogP contribution in [0.3, 0.4) is 0 Å². The van der Waals surface area contributed by atoms with Crippen LogP contribution < -0.4 is 5.32 Å². The number of likely N-dealkylation sites (tertiary alicyclic amines) is 1. The van der Waals surface area contributed by atoms with E-state index in [0.717, 1.165) is 19.4 Å². The minimum atomic E-state index is -0.727. The summed E-state index contributed by atoms with van der Waals surface area (Å²) in [5.41, 5.74) is -1.18. The molecule has 19 heavy (non-hydrogen) atoms. The summed E-state index contributed by atoms with van der Waals surface area (Å²) in [6.07, 6.45) is 1.76. The second-order valence-electron chi connectivity index (χ2n) is 6.91. The summed E-state index contributed by atoms with van der Waals surface area (Å²) in [5.74, 6) is 0. The van der Waals surface area contributed by atoms with Gasteiger partial charge in [0.05, 0.1) is 5.60 Å². The number of aliphatic hydroxyl groups is 1. The highest BCUT2D eigenvalue weighted by Gasteiger charge is 2.32. The van der Waals surface area contributed by atoms with Crippen LogP contribution in [0.15, 0.2) is 0 Å². The zero-order valence-corrected chi connectivity index (χ0v) is 12.8. The van der Waals surface area contributed by atoms with Gasteiger partial charge in [-0.15, -0.1) is 0 Å². The average molecular weight is 272 g/mol. The van der Waals surface area contributed by atoms with Gasteiger partial charge in [-0.2, -0.15) is 0 Å². The number of nitrogens with zero attached hydrogens (tertiary/aromatic N) is 1. The first kappa shape index (κ1) is 16.2. The van der Waals surface area contributed by atoms with Crippen molar-refractivity contribution in [2.45, 2.75) is 64.7 Å². The Hall–Kier alpha value is -0.810. The first-order valence-electron chi connectivity index (χ1n) is 7.01. The van der Waals surface area contributed by atoms with Crippen LogP contribution in [0, 0.1) is 0 Å². The molecule has 0 unspecified atom stereocenters. The lowest BCUT2D eigenvalue weighted by Gasteiger charge is -2.29. The van der Waals surface area contributed by atoms with E-state index in [1.54, 1.807) is 18.7 Å². The first-order valence-corrected chi connectivity index (χ1v) is 7.01. The Balaban J connectivity index is 2.43. The molecular formula is C14H28N2O3. The van der Waals surface area contributed by atoms with Gasteiger partial charge in [0.25, 0.3) is 0 Å². The van der Waals surface area contributed by atoms with Gasteiger partial charge in [0.1, 0.15) is 5.60 Å². The van der Waals surface area contributed by atoms with E-state index < -0.39 is 11.2 Å². The molecule has 5 nitrogen and oxygen atoms in total. The van der Waals surface area contributed by atoms with Gasteiger partial charge in [-0.25, -0.2) is 4.79 Å². The summed E-state index contributed by atoms with van der Waals surface area (Å²) in [4.78, 5) is 13.9. The van der Waals surface area contributed by atoms with Crippen molar-refractivity contribution in [1.82, 2.24) is 10.2 Å². The van der Waals surface area contributed by atoms with Gasteiger partial charge >= 0.3 is 6.09 Å². The molecule has 0 aromatic heterocycles. The molecule has 0 aliphatic carbocycles. The number of hydrogen-bond acceptors (Lipinski definition) is 4. The number of nitrogens with one attached hydrogen (secondary N) is 1. The minimum Gasteiger partial charge on any atom is -0.444 e. The van der Waals surface area contributed by atoms with Gasteiger partial charge in [-0.05, 0) is 47.5 Å². The number of carbonyl (C=O) groups is 1. The summed E-state index contributed by atoms with van der Waals surface area (Å²) in [5, 5.41) is 12.9. The third kappa shape index (κ3) is 6.25. The maximum Gasteiger partial charge on any atom is 0.410 e. The molecule has 1 aliphatic heterocycles. The molecule has 1 saturated heterocycles. The predicted octanol–water partition coefficient (Wildman–Crippen LogP) is 1.75. The summed E-state index contributed by atoms with van der Waals surface area (Å²) >= 11 is 0. The van der Waals surface area contributed by atoms with E-state index in [4.69, 9.17) is 4.74 Å². The predicted molar refractivity (Wildman–Crippen MR) is 75.1 cm³/mol. The zero-order valence-electron chi connectivity index (χ0n) is 12.8. The third-order valence-electron chi connectivity index (χ3n) is 2.94. The molecule has 112 valence electrons. The molecular weight excluding hydrogens is 244 g/mol. The third-order valence-corrected chi connectivity index (χ3v) is 2.94. The van der Waals surface area contributed by atoms with Crippen molar-refractivity contribution in [3.8, 4) is 0 Å². The van der Waals surface area contributed by atoms with Crippen LogP contribution in [0.2, 0.25) is 0 Å². The molecule has 1 rings (SSSR count). The number of carbonyl (C=O) groups excluding carboxylic acids is 1. The van der Waals surface area contributed by atoms with E-state index in [1.807, 2.05) is 20.8 Å². The Morgan fingerprint density at radius 3 is 2.53 bits per heavy atom. The van der Waals surface area contributed by atoms with Crippen LogP contribution in [0.5, 0.6) is 0 Å². The molecule has 5 heteroatoms. The van der Waals surface area contributed by atoms with Crippen molar-refractivity contribution in [2.75, 3.05) is 19.6 Å². The normalized spacial score (nSPS) is 20.7. The van der Waals surface area contributed by atoms with Gasteiger partial charge < -0.3 is 20.1 Å². The Morgan fingerprint density at radius 2 is 2.00 bits per heavy atom. The smallest absolute Gasteiger partial charge is 0.410 e. The summed E-state index contributed by atoms with van der Waals surface area (Å²) in [6.45, 7) is 11.1. The van der Waals surface area contributed by atoms with Gasteiger partial charge in [0, 0.05) is 25.7 Å². The van der Waals surface area contributed by atoms with Gasteiger partial charge in [0.15, 0.2) is 0 Å². The molecule has 0 aromatic carbocycles. The lowest BCUT2D eigenvalue weighted by atomic mass is 10.1. The van der Waals surface area contributed by atoms with Crippen molar-refractivity contribution < 1.29 is 14.6 Å². The SMILES string of the molecule is CC(C)(O)CNC[C@@H]1CCCN1C(=O)OC(C)(C)C. The van der Waals surface area contributed by atoms with Crippen molar-refractivity contribution in [3.05, 3.63) is 0 Å². The number of hydrogen-bond donors (Lipinski definition) is 2. The number of amides is 1. The van der Waals surface area contributed by atoms with Crippen LogP contribution >= 0.6 is 0 Å². The fourth-order valence-corrected chi connectivity index (χ4v) is 2.15. The maximum atomic E-state index is 12.1. The molecule has 1 heterocycles. The fourth-order valence-electron chi connectivity index (χ4n) is 2.15. The largest absolute Gasteiger partial charge is 0.444 e. The van der Waals surface area contributed by atoms with E-state index in [0.29, 0.717) is 13.1 Å². The average Bonchev–Trinajstić information content (AvgIpc) is 2.61. The Labute approximate surface area is 116 Å². The molecule has 2 N–H and O–H groups in total. The first-order chi connectivity index (χ1) is 8.58. The van der Waals surface area contributed by atoms with E-state index in [2.05, 4.69) is 5.32 Å². The topological polar surface area (TPSA) is 61.8 Å². The molecule has 1 fully saturated rings. The molecule has 0 aromatic rings. The van der Waals surface area contributed by atoms with Crippen molar-refractivity contribution in [1.29, 1.82) is 0 Å². The highest BCUT2D eigenvalue weighted by molar-refractivity contribution is 5.69. The fraction of sp³-hybridized carbons (Fsp3) is 0.929. The zero-order chi connectivity index (χ0) is 14.7.